The van der Waals surface area contributed by atoms with E-state index in [2.05, 4.69) is 72.4 Å². The second-order valence-corrected chi connectivity index (χ2v) is 6.68. The summed E-state index contributed by atoms with van der Waals surface area (Å²) >= 11 is 4.47. The van der Waals surface area contributed by atoms with E-state index in [9.17, 15) is 0 Å². The Labute approximate surface area is 99.5 Å². The Bertz CT molecular complexity index is 318. The average Bonchev–Trinajstić information content (AvgIpc) is 1.99. The molecule has 1 heteroatoms. The maximum Gasteiger partial charge on any atom is 0.00463 e. The summed E-state index contributed by atoms with van der Waals surface area (Å²) < 4.78 is 0. The highest BCUT2D eigenvalue weighted by atomic mass is 32.1. The van der Waals surface area contributed by atoms with Crippen LogP contribution in [0.1, 0.15) is 52.7 Å². The molecular formula is C14H21S. The van der Waals surface area contributed by atoms with Gasteiger partial charge in [0.2, 0.25) is 0 Å². The summed E-state index contributed by atoms with van der Waals surface area (Å²) in [5, 5.41) is 0. The van der Waals surface area contributed by atoms with Crippen LogP contribution in [0.5, 0.6) is 0 Å². The molecule has 0 heterocycles. The van der Waals surface area contributed by atoms with Crippen molar-refractivity contribution in [3.8, 4) is 0 Å². The molecule has 0 aliphatic heterocycles. The van der Waals surface area contributed by atoms with Gasteiger partial charge in [0.25, 0.3) is 0 Å². The summed E-state index contributed by atoms with van der Waals surface area (Å²) in [6.45, 7) is 13.2. The lowest BCUT2D eigenvalue weighted by molar-refractivity contribution is 0.564. The van der Waals surface area contributed by atoms with Crippen molar-refractivity contribution >= 4 is 12.6 Å². The molecule has 0 aliphatic carbocycles. The van der Waals surface area contributed by atoms with Crippen molar-refractivity contribution in [2.24, 2.45) is 0 Å². The minimum atomic E-state index is 0.138. The fourth-order valence-electron chi connectivity index (χ4n) is 1.36. The van der Waals surface area contributed by atoms with Gasteiger partial charge in [0, 0.05) is 4.90 Å². The van der Waals surface area contributed by atoms with Crippen LogP contribution in [0.15, 0.2) is 17.0 Å². The lowest BCUT2D eigenvalue weighted by Crippen LogP contribution is -2.16. The second kappa shape index (κ2) is 3.86. The van der Waals surface area contributed by atoms with E-state index in [-0.39, 0.29) is 10.8 Å². The molecule has 0 aromatic heterocycles. The first-order valence-corrected chi connectivity index (χ1v) is 5.83. The van der Waals surface area contributed by atoms with E-state index in [0.29, 0.717) is 0 Å². The zero-order valence-corrected chi connectivity index (χ0v) is 11.5. The van der Waals surface area contributed by atoms with Crippen LogP contribution >= 0.6 is 12.6 Å². The second-order valence-electron chi connectivity index (χ2n) is 6.17. The van der Waals surface area contributed by atoms with Crippen LogP contribution < -0.4 is 0 Å². The lowest BCUT2D eigenvalue weighted by atomic mass is 9.81. The molecule has 0 amide bonds. The Kier molecular flexibility index (Phi) is 3.25. The van der Waals surface area contributed by atoms with Crippen LogP contribution in [0.4, 0.5) is 0 Å². The predicted molar refractivity (Wildman–Crippen MR) is 69.9 cm³/mol. The normalized spacial score (nSPS) is 13.0. The van der Waals surface area contributed by atoms with Gasteiger partial charge in [-0.15, -0.1) is 12.6 Å². The Morgan fingerprint density at radius 1 is 0.867 bits per heavy atom. The minimum absolute atomic E-state index is 0.138. The Hall–Kier alpha value is -0.430. The lowest BCUT2D eigenvalue weighted by Gasteiger charge is -2.24. The van der Waals surface area contributed by atoms with Crippen LogP contribution in [0, 0.1) is 6.07 Å². The fraction of sp³-hybridized carbons (Fsp3) is 0.571. The average molecular weight is 221 g/mol. The zero-order valence-electron chi connectivity index (χ0n) is 10.6. The van der Waals surface area contributed by atoms with E-state index < -0.39 is 0 Å². The highest BCUT2D eigenvalue weighted by Crippen LogP contribution is 2.30. The maximum absolute atomic E-state index is 4.47. The molecule has 1 aromatic rings. The van der Waals surface area contributed by atoms with Crippen LogP contribution in [0.2, 0.25) is 0 Å². The Morgan fingerprint density at radius 3 is 1.47 bits per heavy atom. The van der Waals surface area contributed by atoms with Gasteiger partial charge in [0.15, 0.2) is 0 Å². The van der Waals surface area contributed by atoms with Crippen molar-refractivity contribution in [1.82, 2.24) is 0 Å². The SMILES string of the molecule is CC(C)(C)c1[c]c(C(C)(C)C)cc(S)c1. The minimum Gasteiger partial charge on any atom is -0.143 e. The monoisotopic (exact) mass is 221 g/mol. The highest BCUT2D eigenvalue weighted by molar-refractivity contribution is 7.80. The van der Waals surface area contributed by atoms with Crippen molar-refractivity contribution < 1.29 is 0 Å². The molecule has 0 bridgehead atoms. The van der Waals surface area contributed by atoms with Gasteiger partial charge in [-0.1, -0.05) is 41.5 Å². The van der Waals surface area contributed by atoms with E-state index in [1.165, 1.54) is 11.1 Å². The third kappa shape index (κ3) is 3.27. The zero-order chi connectivity index (χ0) is 11.9. The van der Waals surface area contributed by atoms with Crippen molar-refractivity contribution in [2.75, 3.05) is 0 Å². The molecule has 0 aliphatic rings. The van der Waals surface area contributed by atoms with E-state index >= 15 is 0 Å². The third-order valence-electron chi connectivity index (χ3n) is 2.47. The Balaban J connectivity index is 3.30. The molecule has 1 rings (SSSR count). The number of hydrogen-bond donors (Lipinski definition) is 1. The number of rotatable bonds is 0. The first kappa shape index (κ1) is 12.6. The van der Waals surface area contributed by atoms with Gasteiger partial charge in [0.1, 0.15) is 0 Å². The number of benzene rings is 1. The van der Waals surface area contributed by atoms with Crippen LogP contribution in [0.3, 0.4) is 0 Å². The van der Waals surface area contributed by atoms with Crippen LogP contribution in [-0.2, 0) is 10.8 Å². The highest BCUT2D eigenvalue weighted by Gasteiger charge is 2.20. The smallest absolute Gasteiger partial charge is 0.00463 e. The molecule has 0 saturated heterocycles. The van der Waals surface area contributed by atoms with Crippen molar-refractivity contribution in [3.05, 3.63) is 29.3 Å². The van der Waals surface area contributed by atoms with Crippen LogP contribution in [0.25, 0.3) is 0 Å². The van der Waals surface area contributed by atoms with E-state index in [4.69, 9.17) is 0 Å². The Morgan fingerprint density at radius 2 is 1.20 bits per heavy atom. The van der Waals surface area contributed by atoms with Gasteiger partial charge in [-0.25, -0.2) is 0 Å². The third-order valence-corrected chi connectivity index (χ3v) is 2.73. The van der Waals surface area contributed by atoms with Crippen LogP contribution in [-0.4, -0.2) is 0 Å². The van der Waals surface area contributed by atoms with Crippen molar-refractivity contribution in [1.29, 1.82) is 0 Å². The summed E-state index contributed by atoms with van der Waals surface area (Å²) in [4.78, 5) is 1.03. The van der Waals surface area contributed by atoms with E-state index in [0.717, 1.165) is 4.90 Å². The largest absolute Gasteiger partial charge is 0.143 e. The summed E-state index contributed by atoms with van der Waals surface area (Å²) in [6, 6.07) is 7.74. The molecule has 0 fully saturated rings. The molecule has 1 radical (unpaired) electrons. The summed E-state index contributed by atoms with van der Waals surface area (Å²) in [5.74, 6) is 0. The van der Waals surface area contributed by atoms with E-state index in [1.807, 2.05) is 0 Å². The molecule has 83 valence electrons. The molecule has 0 N–H and O–H groups in total. The number of thiol groups is 1. The molecule has 0 spiro atoms. The first-order valence-electron chi connectivity index (χ1n) is 5.38. The predicted octanol–water partition coefficient (Wildman–Crippen LogP) is 4.37. The van der Waals surface area contributed by atoms with Crippen molar-refractivity contribution in [2.45, 2.75) is 57.3 Å². The standard InChI is InChI=1S/C14H21S/c1-13(2,3)10-7-11(14(4,5)6)9-12(15)8-10/h8-9,15H,1-6H3. The van der Waals surface area contributed by atoms with Gasteiger partial charge >= 0.3 is 0 Å². The van der Waals surface area contributed by atoms with Gasteiger partial charge in [-0.2, -0.15) is 0 Å². The van der Waals surface area contributed by atoms with Gasteiger partial charge in [-0.05, 0) is 40.2 Å². The number of hydrogen-bond acceptors (Lipinski definition) is 1. The van der Waals surface area contributed by atoms with Gasteiger partial charge in [-0.3, -0.25) is 0 Å². The summed E-state index contributed by atoms with van der Waals surface area (Å²) in [6.07, 6.45) is 0. The molecule has 0 unspecified atom stereocenters. The van der Waals surface area contributed by atoms with Gasteiger partial charge in [0.05, 0.1) is 0 Å². The molecule has 15 heavy (non-hydrogen) atoms. The molecule has 0 atom stereocenters. The van der Waals surface area contributed by atoms with Crippen molar-refractivity contribution in [3.63, 3.8) is 0 Å². The maximum atomic E-state index is 4.47. The topological polar surface area (TPSA) is 0 Å². The van der Waals surface area contributed by atoms with Gasteiger partial charge < -0.3 is 0 Å². The molecule has 0 nitrogen and oxygen atoms in total. The fourth-order valence-corrected chi connectivity index (χ4v) is 1.62. The summed E-state index contributed by atoms with van der Waals surface area (Å²) in [7, 11) is 0. The van der Waals surface area contributed by atoms with E-state index in [1.54, 1.807) is 0 Å². The quantitative estimate of drug-likeness (QED) is 0.618. The summed E-state index contributed by atoms with van der Waals surface area (Å²) in [5.41, 5.74) is 2.75. The molecule has 1 aromatic carbocycles. The first-order chi connectivity index (χ1) is 6.60. The molecular weight excluding hydrogens is 200 g/mol. The molecule has 0 saturated carbocycles.